The third-order valence-electron chi connectivity index (χ3n) is 2.30. The lowest BCUT2D eigenvalue weighted by Gasteiger charge is -2.23. The van der Waals surface area contributed by atoms with Crippen LogP contribution in [-0.4, -0.2) is 16.2 Å². The Balaban J connectivity index is 2.40. The number of alkyl halides is 1. The van der Waals surface area contributed by atoms with Gasteiger partial charge in [-0.3, -0.25) is 0 Å². The van der Waals surface area contributed by atoms with E-state index in [1.807, 2.05) is 23.9 Å². The van der Waals surface area contributed by atoms with Crippen molar-refractivity contribution in [1.29, 1.82) is 0 Å². The molecule has 0 saturated heterocycles. The van der Waals surface area contributed by atoms with Crippen molar-refractivity contribution in [3.63, 3.8) is 0 Å². The minimum Gasteiger partial charge on any atom is -0.508 e. The van der Waals surface area contributed by atoms with Crippen LogP contribution in [0.3, 0.4) is 0 Å². The van der Waals surface area contributed by atoms with E-state index in [1.54, 1.807) is 6.07 Å². The quantitative estimate of drug-likeness (QED) is 0.782. The van der Waals surface area contributed by atoms with E-state index in [-0.39, 0.29) is 0 Å². The molecule has 3 heteroatoms. The average molecular weight is 259 g/mol. The monoisotopic (exact) mass is 258 g/mol. The molecule has 0 fully saturated rings. The number of phenols is 1. The lowest BCUT2D eigenvalue weighted by atomic mass is 10.0. The fourth-order valence-corrected chi connectivity index (χ4v) is 3.68. The zero-order valence-corrected chi connectivity index (χ0v) is 9.57. The Morgan fingerprint density at radius 1 is 1.54 bits per heavy atom. The topological polar surface area (TPSA) is 20.2 Å². The summed E-state index contributed by atoms with van der Waals surface area (Å²) in [6.45, 7) is 0. The molecule has 13 heavy (non-hydrogen) atoms. The second kappa shape index (κ2) is 3.93. The Morgan fingerprint density at radius 2 is 2.38 bits per heavy atom. The molecule has 1 unspecified atom stereocenters. The van der Waals surface area contributed by atoms with Gasteiger partial charge in [-0.15, -0.1) is 0 Å². The maximum atomic E-state index is 9.33. The van der Waals surface area contributed by atoms with Crippen molar-refractivity contribution in [1.82, 2.24) is 0 Å². The van der Waals surface area contributed by atoms with Gasteiger partial charge in [-0.1, -0.05) is 22.0 Å². The van der Waals surface area contributed by atoms with Gasteiger partial charge >= 0.3 is 0 Å². The maximum Gasteiger partial charge on any atom is 0.115 e. The van der Waals surface area contributed by atoms with Crippen LogP contribution in [-0.2, 0) is 6.42 Å². The van der Waals surface area contributed by atoms with Crippen LogP contribution in [0.15, 0.2) is 18.2 Å². The molecule has 1 N–H and O–H groups in total. The number of thioether (sulfide) groups is 1. The number of rotatable bonds is 1. The van der Waals surface area contributed by atoms with Crippen LogP contribution < -0.4 is 0 Å². The number of fused-ring (bicyclic) bond motifs is 1. The highest BCUT2D eigenvalue weighted by molar-refractivity contribution is 9.09. The first-order valence-electron chi connectivity index (χ1n) is 4.30. The number of aromatic hydroxyl groups is 1. The first-order valence-corrected chi connectivity index (χ1v) is 6.47. The van der Waals surface area contributed by atoms with E-state index in [0.29, 0.717) is 11.0 Å². The van der Waals surface area contributed by atoms with Gasteiger partial charge in [0.05, 0.1) is 0 Å². The predicted molar refractivity (Wildman–Crippen MR) is 60.8 cm³/mol. The molecule has 0 spiro atoms. The molecule has 1 atom stereocenters. The Bertz CT molecular complexity index is 314. The minimum absolute atomic E-state index is 0.388. The predicted octanol–water partition coefficient (Wildman–Crippen LogP) is 3.12. The van der Waals surface area contributed by atoms with E-state index in [0.717, 1.165) is 17.5 Å². The number of phenolic OH excluding ortho intramolecular Hbond substituents is 1. The lowest BCUT2D eigenvalue weighted by Crippen LogP contribution is -2.08. The van der Waals surface area contributed by atoms with Gasteiger partial charge in [0.1, 0.15) is 5.75 Å². The van der Waals surface area contributed by atoms with Gasteiger partial charge in [0.25, 0.3) is 0 Å². The molecule has 1 aliphatic heterocycles. The standard InChI is InChI=1S/C10H11BrOS/c11-6-10-9-2-1-8(12)5-7(9)3-4-13-10/h1-2,5,10,12H,3-4,6H2. The Labute approximate surface area is 90.7 Å². The van der Waals surface area contributed by atoms with Crippen molar-refractivity contribution < 1.29 is 5.11 Å². The van der Waals surface area contributed by atoms with Crippen LogP contribution in [0.25, 0.3) is 0 Å². The molecule has 0 aromatic heterocycles. The van der Waals surface area contributed by atoms with Crippen molar-refractivity contribution in [3.8, 4) is 5.75 Å². The first kappa shape index (κ1) is 9.41. The van der Waals surface area contributed by atoms with Gasteiger partial charge in [0, 0.05) is 10.6 Å². The molecule has 1 aromatic rings. The second-order valence-corrected chi connectivity index (χ2v) is 5.10. The van der Waals surface area contributed by atoms with Gasteiger partial charge in [-0.2, -0.15) is 11.8 Å². The summed E-state index contributed by atoms with van der Waals surface area (Å²) in [6.07, 6.45) is 1.08. The SMILES string of the molecule is Oc1ccc2c(c1)CCSC2CBr. The van der Waals surface area contributed by atoms with Gasteiger partial charge < -0.3 is 5.11 Å². The molecule has 1 aliphatic rings. The Hall–Kier alpha value is -0.150. The van der Waals surface area contributed by atoms with Crippen molar-refractivity contribution in [3.05, 3.63) is 29.3 Å². The highest BCUT2D eigenvalue weighted by Gasteiger charge is 2.19. The smallest absolute Gasteiger partial charge is 0.115 e. The molecule has 1 heterocycles. The number of benzene rings is 1. The molecule has 0 radical (unpaired) electrons. The summed E-state index contributed by atoms with van der Waals surface area (Å²) in [4.78, 5) is 0. The molecule has 70 valence electrons. The summed E-state index contributed by atoms with van der Waals surface area (Å²) in [6, 6.07) is 5.72. The zero-order valence-electron chi connectivity index (χ0n) is 7.16. The zero-order chi connectivity index (χ0) is 9.26. The van der Waals surface area contributed by atoms with Crippen LogP contribution >= 0.6 is 27.7 Å². The second-order valence-electron chi connectivity index (χ2n) is 3.15. The summed E-state index contributed by atoms with van der Waals surface area (Å²) >= 11 is 5.50. The van der Waals surface area contributed by atoms with E-state index < -0.39 is 0 Å². The van der Waals surface area contributed by atoms with Gasteiger partial charge in [0.2, 0.25) is 0 Å². The average Bonchev–Trinajstić information content (AvgIpc) is 2.16. The summed E-state index contributed by atoms with van der Waals surface area (Å²) in [7, 11) is 0. The van der Waals surface area contributed by atoms with E-state index >= 15 is 0 Å². The molecular formula is C10H11BrOS. The highest BCUT2D eigenvalue weighted by atomic mass is 79.9. The Morgan fingerprint density at radius 3 is 3.15 bits per heavy atom. The fourth-order valence-electron chi connectivity index (χ4n) is 1.65. The largest absolute Gasteiger partial charge is 0.508 e. The molecule has 1 aromatic carbocycles. The van der Waals surface area contributed by atoms with Crippen LogP contribution in [0.4, 0.5) is 0 Å². The fraction of sp³-hybridized carbons (Fsp3) is 0.400. The molecule has 1 nitrogen and oxygen atoms in total. The van der Waals surface area contributed by atoms with Crippen molar-refractivity contribution in [2.24, 2.45) is 0 Å². The normalized spacial score (nSPS) is 21.2. The van der Waals surface area contributed by atoms with Crippen molar-refractivity contribution in [2.45, 2.75) is 11.7 Å². The van der Waals surface area contributed by atoms with E-state index in [9.17, 15) is 5.11 Å². The molecule has 0 aliphatic carbocycles. The summed E-state index contributed by atoms with van der Waals surface area (Å²) < 4.78 is 0. The molecule has 0 amide bonds. The van der Waals surface area contributed by atoms with Crippen molar-refractivity contribution in [2.75, 3.05) is 11.1 Å². The number of hydrogen-bond acceptors (Lipinski definition) is 2. The van der Waals surface area contributed by atoms with Crippen molar-refractivity contribution >= 4 is 27.7 Å². The minimum atomic E-state index is 0.388. The van der Waals surface area contributed by atoms with Crippen LogP contribution in [0.5, 0.6) is 5.75 Å². The molecule has 0 bridgehead atoms. The van der Waals surface area contributed by atoms with Crippen LogP contribution in [0, 0.1) is 0 Å². The number of halogens is 1. The van der Waals surface area contributed by atoms with Crippen LogP contribution in [0.2, 0.25) is 0 Å². The maximum absolute atomic E-state index is 9.33. The lowest BCUT2D eigenvalue weighted by molar-refractivity contribution is 0.474. The van der Waals surface area contributed by atoms with Gasteiger partial charge in [-0.05, 0) is 35.4 Å². The molecular weight excluding hydrogens is 248 g/mol. The summed E-state index contributed by atoms with van der Waals surface area (Å²) in [5, 5.41) is 10.9. The third-order valence-corrected chi connectivity index (χ3v) is 4.64. The highest BCUT2D eigenvalue weighted by Crippen LogP contribution is 2.38. The first-order chi connectivity index (χ1) is 6.31. The van der Waals surface area contributed by atoms with Crippen LogP contribution in [0.1, 0.15) is 16.4 Å². The number of aryl methyl sites for hydroxylation is 1. The third kappa shape index (κ3) is 1.86. The Kier molecular flexibility index (Phi) is 2.84. The van der Waals surface area contributed by atoms with E-state index in [2.05, 4.69) is 15.9 Å². The van der Waals surface area contributed by atoms with E-state index in [1.165, 1.54) is 11.1 Å². The number of hydrogen-bond donors (Lipinski definition) is 1. The van der Waals surface area contributed by atoms with Gasteiger partial charge in [-0.25, -0.2) is 0 Å². The molecule has 0 saturated carbocycles. The molecule has 2 rings (SSSR count). The van der Waals surface area contributed by atoms with Gasteiger partial charge in [0.15, 0.2) is 0 Å². The summed E-state index contributed by atoms with van der Waals surface area (Å²) in [5.41, 5.74) is 2.69. The van der Waals surface area contributed by atoms with E-state index in [4.69, 9.17) is 0 Å². The summed E-state index contributed by atoms with van der Waals surface area (Å²) in [5.74, 6) is 1.55.